The minimum absolute atomic E-state index is 0.00000342. The van der Waals surface area contributed by atoms with E-state index < -0.39 is 34.1 Å². The fourth-order valence-corrected chi connectivity index (χ4v) is 5.57. The summed E-state index contributed by atoms with van der Waals surface area (Å²) in [6.45, 7) is 3.27. The smallest absolute Gasteiger partial charge is 0.243 e. The lowest BCUT2D eigenvalue weighted by Crippen LogP contribution is -2.43. The number of nitrogens with zero attached hydrogens (tertiary/aromatic N) is 2. The van der Waals surface area contributed by atoms with Gasteiger partial charge in [0, 0.05) is 13.1 Å². The zero-order valence-electron chi connectivity index (χ0n) is 22.2. The number of hydrogen-bond donors (Lipinski definition) is 0. The first kappa shape index (κ1) is 29.1. The standard InChI is InChI=1S/C30H30F2N2O5S/c1-21(2)15-16-34(40(37,38)26-13-11-25(32)12-14-26)19-29(35)33(17-22-7-9-24(31)10-8-22)18-23-20-39-28-6-4-3-5-27(28)30(23)36/h3-14,20-21H,15-19H2,1-2H3. The molecular formula is C30H30F2N2O5S. The topological polar surface area (TPSA) is 87.9 Å². The van der Waals surface area contributed by atoms with Crippen molar-refractivity contribution in [2.24, 2.45) is 5.92 Å². The summed E-state index contributed by atoms with van der Waals surface area (Å²) in [5.41, 5.74) is 0.895. The number of hydrogen-bond acceptors (Lipinski definition) is 5. The third-order valence-electron chi connectivity index (χ3n) is 6.47. The van der Waals surface area contributed by atoms with Crippen molar-refractivity contribution in [2.75, 3.05) is 13.1 Å². The third-order valence-corrected chi connectivity index (χ3v) is 8.33. The molecule has 0 spiro atoms. The monoisotopic (exact) mass is 568 g/mol. The molecule has 4 rings (SSSR count). The molecule has 7 nitrogen and oxygen atoms in total. The molecule has 0 aliphatic carbocycles. The number of sulfonamides is 1. The predicted molar refractivity (Wildman–Crippen MR) is 148 cm³/mol. The predicted octanol–water partition coefficient (Wildman–Crippen LogP) is 5.34. The largest absolute Gasteiger partial charge is 0.464 e. The molecule has 1 aromatic heterocycles. The van der Waals surface area contributed by atoms with Crippen LogP contribution in [-0.4, -0.2) is 36.6 Å². The summed E-state index contributed by atoms with van der Waals surface area (Å²) in [5.74, 6) is -1.43. The van der Waals surface area contributed by atoms with Crippen molar-refractivity contribution in [3.8, 4) is 0 Å². The Balaban J connectivity index is 1.67. The van der Waals surface area contributed by atoms with Gasteiger partial charge in [-0.05, 0) is 66.4 Å². The normalized spacial score (nSPS) is 11.8. The Kier molecular flexibility index (Phi) is 9.11. The van der Waals surface area contributed by atoms with Crippen LogP contribution in [0.1, 0.15) is 31.4 Å². The Hall–Kier alpha value is -3.89. The molecule has 1 amide bonds. The van der Waals surface area contributed by atoms with Gasteiger partial charge in [-0.1, -0.05) is 38.1 Å². The average molecular weight is 569 g/mol. The van der Waals surface area contributed by atoms with Crippen LogP contribution in [0.5, 0.6) is 0 Å². The van der Waals surface area contributed by atoms with Crippen molar-refractivity contribution in [3.63, 3.8) is 0 Å². The fourth-order valence-electron chi connectivity index (χ4n) is 4.17. The van der Waals surface area contributed by atoms with Crippen molar-refractivity contribution < 1.29 is 26.4 Å². The minimum Gasteiger partial charge on any atom is -0.464 e. The van der Waals surface area contributed by atoms with E-state index in [2.05, 4.69) is 0 Å². The number of halogens is 2. The number of para-hydroxylation sites is 1. The number of fused-ring (bicyclic) bond motifs is 1. The maximum absolute atomic E-state index is 13.7. The van der Waals surface area contributed by atoms with Gasteiger partial charge < -0.3 is 9.32 Å². The van der Waals surface area contributed by atoms with Crippen LogP contribution in [0.25, 0.3) is 11.0 Å². The van der Waals surface area contributed by atoms with E-state index in [1.165, 1.54) is 35.4 Å². The van der Waals surface area contributed by atoms with Gasteiger partial charge in [-0.25, -0.2) is 17.2 Å². The average Bonchev–Trinajstić information content (AvgIpc) is 2.93. The maximum Gasteiger partial charge on any atom is 0.243 e. The van der Waals surface area contributed by atoms with E-state index in [9.17, 15) is 26.8 Å². The zero-order valence-corrected chi connectivity index (χ0v) is 23.0. The molecule has 0 radical (unpaired) electrons. The molecule has 0 saturated heterocycles. The molecule has 0 atom stereocenters. The van der Waals surface area contributed by atoms with Crippen molar-refractivity contribution in [3.05, 3.63) is 112 Å². The lowest BCUT2D eigenvalue weighted by Gasteiger charge is -2.28. The summed E-state index contributed by atoms with van der Waals surface area (Å²) in [5, 5.41) is 0.353. The van der Waals surface area contributed by atoms with Crippen LogP contribution >= 0.6 is 0 Å². The van der Waals surface area contributed by atoms with Gasteiger partial charge in [0.25, 0.3) is 0 Å². The summed E-state index contributed by atoms with van der Waals surface area (Å²) in [7, 11) is -4.14. The summed E-state index contributed by atoms with van der Waals surface area (Å²) in [6.07, 6.45) is 1.78. The van der Waals surface area contributed by atoms with E-state index in [1.807, 2.05) is 13.8 Å². The molecule has 3 aromatic carbocycles. The molecule has 40 heavy (non-hydrogen) atoms. The molecule has 0 aliphatic rings. The highest BCUT2D eigenvalue weighted by Crippen LogP contribution is 2.20. The van der Waals surface area contributed by atoms with E-state index in [0.717, 1.165) is 28.6 Å². The summed E-state index contributed by atoms with van der Waals surface area (Å²) in [4.78, 5) is 28.1. The van der Waals surface area contributed by atoms with Crippen molar-refractivity contribution in [1.82, 2.24) is 9.21 Å². The molecule has 0 bridgehead atoms. The van der Waals surface area contributed by atoms with Gasteiger partial charge in [-0.2, -0.15) is 4.31 Å². The van der Waals surface area contributed by atoms with E-state index in [1.54, 1.807) is 24.3 Å². The van der Waals surface area contributed by atoms with Crippen molar-refractivity contribution in [2.45, 2.75) is 38.3 Å². The van der Waals surface area contributed by atoms with Gasteiger partial charge in [0.15, 0.2) is 5.43 Å². The number of amides is 1. The second kappa shape index (κ2) is 12.5. The number of carbonyl (C=O) groups excluding carboxylic acids is 1. The fraction of sp³-hybridized carbons (Fsp3) is 0.267. The quantitative estimate of drug-likeness (QED) is 0.244. The van der Waals surface area contributed by atoms with Crippen LogP contribution in [0.2, 0.25) is 0 Å². The molecule has 0 fully saturated rings. The summed E-state index contributed by atoms with van der Waals surface area (Å²) >= 11 is 0. The van der Waals surface area contributed by atoms with Gasteiger partial charge in [0.1, 0.15) is 17.2 Å². The van der Waals surface area contributed by atoms with Crippen LogP contribution in [-0.2, 0) is 27.9 Å². The minimum atomic E-state index is -4.14. The SMILES string of the molecule is CC(C)CCN(CC(=O)N(Cc1ccc(F)cc1)Cc1coc2ccccc2c1=O)S(=O)(=O)c1ccc(F)cc1. The first-order chi connectivity index (χ1) is 19.0. The number of benzene rings is 3. The van der Waals surface area contributed by atoms with Crippen molar-refractivity contribution >= 4 is 26.9 Å². The number of carbonyl (C=O) groups is 1. The van der Waals surface area contributed by atoms with Gasteiger partial charge in [0.2, 0.25) is 15.9 Å². The van der Waals surface area contributed by atoms with E-state index in [4.69, 9.17) is 4.42 Å². The highest BCUT2D eigenvalue weighted by Gasteiger charge is 2.29. The van der Waals surface area contributed by atoms with E-state index in [-0.39, 0.29) is 41.4 Å². The van der Waals surface area contributed by atoms with Crippen LogP contribution in [0.15, 0.2) is 93.2 Å². The van der Waals surface area contributed by atoms with Gasteiger partial charge in [-0.15, -0.1) is 0 Å². The molecule has 1 heterocycles. The van der Waals surface area contributed by atoms with Gasteiger partial charge in [0.05, 0.1) is 35.2 Å². The lowest BCUT2D eigenvalue weighted by atomic mass is 10.1. The molecule has 0 unspecified atom stereocenters. The van der Waals surface area contributed by atoms with E-state index in [0.29, 0.717) is 23.0 Å². The van der Waals surface area contributed by atoms with E-state index >= 15 is 0 Å². The Morgan fingerprint density at radius 2 is 1.52 bits per heavy atom. The Morgan fingerprint density at radius 3 is 2.17 bits per heavy atom. The third kappa shape index (κ3) is 7.00. The molecule has 0 N–H and O–H groups in total. The second-order valence-electron chi connectivity index (χ2n) is 9.94. The highest BCUT2D eigenvalue weighted by molar-refractivity contribution is 7.89. The maximum atomic E-state index is 13.7. The van der Waals surface area contributed by atoms with Crippen LogP contribution < -0.4 is 5.43 Å². The van der Waals surface area contributed by atoms with Crippen molar-refractivity contribution in [1.29, 1.82) is 0 Å². The van der Waals surface area contributed by atoms with Crippen LogP contribution in [0, 0.1) is 17.6 Å². The van der Waals surface area contributed by atoms with Gasteiger partial charge >= 0.3 is 0 Å². The summed E-state index contributed by atoms with van der Waals surface area (Å²) < 4.78 is 60.7. The Labute approximate surface area is 231 Å². The summed E-state index contributed by atoms with van der Waals surface area (Å²) in [6, 6.07) is 16.7. The molecule has 4 aromatic rings. The zero-order chi connectivity index (χ0) is 28.9. The first-order valence-corrected chi connectivity index (χ1v) is 14.3. The van der Waals surface area contributed by atoms with Crippen LogP contribution in [0.3, 0.4) is 0 Å². The lowest BCUT2D eigenvalue weighted by molar-refractivity contribution is -0.132. The number of rotatable bonds is 11. The molecule has 0 saturated carbocycles. The highest BCUT2D eigenvalue weighted by atomic mass is 32.2. The Morgan fingerprint density at radius 1 is 0.900 bits per heavy atom. The molecule has 0 aliphatic heterocycles. The van der Waals surface area contributed by atoms with Gasteiger partial charge in [-0.3, -0.25) is 9.59 Å². The second-order valence-corrected chi connectivity index (χ2v) is 11.9. The Bertz CT molecular complexity index is 1640. The first-order valence-electron chi connectivity index (χ1n) is 12.8. The molecule has 210 valence electrons. The molecular weight excluding hydrogens is 538 g/mol. The molecule has 10 heteroatoms. The van der Waals surface area contributed by atoms with Crippen LogP contribution in [0.4, 0.5) is 8.78 Å².